The first-order chi connectivity index (χ1) is 12.7. The number of rotatable bonds is 6. The van der Waals surface area contributed by atoms with Crippen LogP contribution in [-0.2, 0) is 15.9 Å². The average Bonchev–Trinajstić information content (AvgIpc) is 2.63. The number of hydrogen-bond acceptors (Lipinski definition) is 5. The Bertz CT molecular complexity index is 825. The van der Waals surface area contributed by atoms with Gasteiger partial charge in [0.15, 0.2) is 5.11 Å². The third-order valence-corrected chi connectivity index (χ3v) is 5.65. The van der Waals surface area contributed by atoms with Crippen LogP contribution in [0.3, 0.4) is 0 Å². The van der Waals surface area contributed by atoms with Crippen molar-refractivity contribution >= 4 is 44.9 Å². The van der Waals surface area contributed by atoms with E-state index < -0.39 is 10.1 Å². The maximum atomic E-state index is 10.4. The van der Waals surface area contributed by atoms with Crippen molar-refractivity contribution in [3.63, 3.8) is 0 Å². The molecule has 6 nitrogen and oxygen atoms in total. The van der Waals surface area contributed by atoms with Gasteiger partial charge in [-0.05, 0) is 37.3 Å². The number of thioether (sulfide) groups is 1. The number of aryl methyl sites for hydroxylation is 1. The summed E-state index contributed by atoms with van der Waals surface area (Å²) in [5.41, 5.74) is 7.36. The molecule has 27 heavy (non-hydrogen) atoms. The highest BCUT2D eigenvalue weighted by atomic mass is 32.2. The molecule has 0 unspecified atom stereocenters. The summed E-state index contributed by atoms with van der Waals surface area (Å²) in [6.45, 7) is 2.71. The van der Waals surface area contributed by atoms with Crippen molar-refractivity contribution in [2.24, 2.45) is 0 Å². The van der Waals surface area contributed by atoms with E-state index in [-0.39, 0.29) is 4.90 Å². The zero-order valence-electron chi connectivity index (χ0n) is 15.4. The Balaban J connectivity index is 0.000000289. The highest BCUT2D eigenvalue weighted by Crippen LogP contribution is 2.16. The maximum absolute atomic E-state index is 10.4. The minimum atomic E-state index is -4.27. The lowest BCUT2D eigenvalue weighted by Crippen LogP contribution is -2.41. The number of nitrogens with one attached hydrogen (secondary N) is 2. The third-order valence-electron chi connectivity index (χ3n) is 3.44. The highest BCUT2D eigenvalue weighted by Gasteiger charge is 2.00. The zero-order chi connectivity index (χ0) is 20.3. The largest absolute Gasteiger partial charge is 0.744 e. The quantitative estimate of drug-likeness (QED) is 0.366. The van der Waals surface area contributed by atoms with Gasteiger partial charge in [-0.15, -0.1) is 0 Å². The predicted octanol–water partition coefficient (Wildman–Crippen LogP) is 1.79. The molecule has 2 aromatic carbocycles. The summed E-state index contributed by atoms with van der Waals surface area (Å²) in [5.74, 6) is 2.05. The van der Waals surface area contributed by atoms with Crippen molar-refractivity contribution in [1.29, 1.82) is 0 Å². The lowest BCUT2D eigenvalue weighted by Gasteiger charge is -2.06. The summed E-state index contributed by atoms with van der Waals surface area (Å²) in [7, 11) is -2.45. The summed E-state index contributed by atoms with van der Waals surface area (Å²) in [6, 6.07) is 14.0. The topological polar surface area (TPSA) is 109 Å². The monoisotopic (exact) mass is 427 g/mol. The van der Waals surface area contributed by atoms with Gasteiger partial charge in [-0.2, -0.15) is 11.8 Å². The average molecular weight is 428 g/mol. The van der Waals surface area contributed by atoms with Gasteiger partial charge in [0, 0.05) is 30.7 Å². The van der Waals surface area contributed by atoms with Crippen LogP contribution < -0.4 is 16.4 Å². The summed E-state index contributed by atoms with van der Waals surface area (Å²) >= 11 is 6.86. The second-order valence-corrected chi connectivity index (χ2v) is 8.49. The lowest BCUT2D eigenvalue weighted by atomic mass is 10.2. The molecule has 2 aromatic rings. The Kier molecular flexibility index (Phi) is 10.3. The Morgan fingerprint density at radius 3 is 2.37 bits per heavy atom. The van der Waals surface area contributed by atoms with E-state index in [0.717, 1.165) is 29.3 Å². The van der Waals surface area contributed by atoms with E-state index in [4.69, 9.17) is 12.2 Å². The molecule has 0 aliphatic rings. The third kappa shape index (κ3) is 9.73. The molecule has 0 aliphatic carbocycles. The molecule has 0 amide bonds. The molecule has 2 rings (SSSR count). The van der Waals surface area contributed by atoms with Crippen molar-refractivity contribution in [1.82, 2.24) is 10.6 Å². The predicted molar refractivity (Wildman–Crippen MR) is 114 cm³/mol. The molecule has 0 spiro atoms. The Morgan fingerprint density at radius 2 is 1.81 bits per heavy atom. The normalized spacial score (nSPS) is 10.5. The molecule has 0 saturated carbocycles. The summed E-state index contributed by atoms with van der Waals surface area (Å²) in [4.78, 5) is -0.178. The fourth-order valence-electron chi connectivity index (χ4n) is 1.91. The minimum Gasteiger partial charge on any atom is -0.744 e. The first kappa shape index (κ1) is 23.4. The van der Waals surface area contributed by atoms with E-state index in [1.54, 1.807) is 12.1 Å². The fraction of sp³-hybridized carbons (Fsp3) is 0.278. The molecule has 0 saturated heterocycles. The van der Waals surface area contributed by atoms with Gasteiger partial charge in [0.05, 0.1) is 4.90 Å². The van der Waals surface area contributed by atoms with Crippen molar-refractivity contribution in [3.8, 4) is 0 Å². The van der Waals surface area contributed by atoms with Crippen LogP contribution >= 0.6 is 24.0 Å². The molecule has 0 aromatic heterocycles. The second-order valence-electron chi connectivity index (χ2n) is 5.59. The Labute approximate surface area is 170 Å². The molecule has 0 bridgehead atoms. The van der Waals surface area contributed by atoms with E-state index in [1.807, 2.05) is 37.9 Å². The van der Waals surface area contributed by atoms with Crippen LogP contribution in [0.1, 0.15) is 11.1 Å². The number of hydrogen-bond donors (Lipinski definition) is 3. The lowest BCUT2D eigenvalue weighted by molar-refractivity contribution is -0.255. The standard InChI is InChI=1S/C11H17N3S2.C7H8O3S/c1-13-11(15)14-6-7-16-8-9-4-2-3-5-10(9)12;1-6-2-4-7(5-3-6)11(8,9)10/h2-5H,6-8,12H2,1H3,(H2,13,14,15);2-5H,1H3,(H,8,9,10). The van der Waals surface area contributed by atoms with E-state index in [0.29, 0.717) is 5.11 Å². The van der Waals surface area contributed by atoms with Crippen LogP contribution in [0.2, 0.25) is 0 Å². The molecule has 5 N–H and O–H groups in total. The van der Waals surface area contributed by atoms with Crippen LogP contribution in [0.15, 0.2) is 53.4 Å². The Morgan fingerprint density at radius 1 is 1.19 bits per heavy atom. The summed E-state index contributed by atoms with van der Waals surface area (Å²) < 4.78 is 31.2. The van der Waals surface area contributed by atoms with Gasteiger partial charge >= 0.3 is 0 Å². The van der Waals surface area contributed by atoms with Crippen molar-refractivity contribution in [3.05, 3.63) is 59.7 Å². The van der Waals surface area contributed by atoms with Crippen molar-refractivity contribution in [2.75, 3.05) is 19.3 Å². The van der Waals surface area contributed by atoms with Gasteiger partial charge in [-0.3, -0.25) is 0 Å². The van der Waals surface area contributed by atoms with E-state index in [2.05, 4.69) is 28.5 Å². The number of thiocarbonyl (C=S) groups is 1. The van der Waals surface area contributed by atoms with Crippen LogP contribution in [-0.4, -0.2) is 37.4 Å². The van der Waals surface area contributed by atoms with Gasteiger partial charge in [-0.1, -0.05) is 35.9 Å². The summed E-state index contributed by atoms with van der Waals surface area (Å²) in [5, 5.41) is 6.71. The number of benzene rings is 2. The van der Waals surface area contributed by atoms with Crippen LogP contribution in [0.25, 0.3) is 0 Å². The summed E-state index contributed by atoms with van der Waals surface area (Å²) in [6.07, 6.45) is 0. The molecular formula is C18H25N3O3S3. The van der Waals surface area contributed by atoms with Gasteiger partial charge in [-0.25, -0.2) is 8.42 Å². The molecule has 0 radical (unpaired) electrons. The molecule has 0 atom stereocenters. The molecule has 9 heteroatoms. The molecule has 148 valence electrons. The van der Waals surface area contributed by atoms with Crippen molar-refractivity contribution in [2.45, 2.75) is 17.6 Å². The van der Waals surface area contributed by atoms with Gasteiger partial charge in [0.25, 0.3) is 0 Å². The molecule has 0 aliphatic heterocycles. The van der Waals surface area contributed by atoms with Gasteiger partial charge in [0.1, 0.15) is 15.8 Å². The van der Waals surface area contributed by atoms with Gasteiger partial charge < -0.3 is 20.9 Å². The van der Waals surface area contributed by atoms with Crippen molar-refractivity contribution < 1.29 is 18.7 Å². The first-order valence-electron chi connectivity index (χ1n) is 8.19. The van der Waals surface area contributed by atoms with E-state index >= 15 is 0 Å². The van der Waals surface area contributed by atoms with Crippen LogP contribution in [0, 0.1) is 6.92 Å². The first-order valence-corrected chi connectivity index (χ1v) is 11.2. The second kappa shape index (κ2) is 11.9. The maximum Gasteiger partial charge on any atom is 0.166 e. The van der Waals surface area contributed by atoms with Crippen LogP contribution in [0.5, 0.6) is 0 Å². The number of quaternary nitrogens is 1. The van der Waals surface area contributed by atoms with E-state index in [9.17, 15) is 13.0 Å². The van der Waals surface area contributed by atoms with Crippen LogP contribution in [0.4, 0.5) is 5.69 Å². The SMILES string of the molecule is CNC(=S)NCCSCc1ccccc1[NH3+].Cc1ccc(S(=O)(=O)[O-])cc1. The molecular weight excluding hydrogens is 402 g/mol. The molecule has 0 fully saturated rings. The zero-order valence-corrected chi connectivity index (χ0v) is 17.8. The Hall–Kier alpha value is -1.65. The fourth-order valence-corrected chi connectivity index (χ4v) is 3.37. The molecule has 0 heterocycles. The van der Waals surface area contributed by atoms with Gasteiger partial charge in [0.2, 0.25) is 0 Å². The minimum absolute atomic E-state index is 0.178. The highest BCUT2D eigenvalue weighted by molar-refractivity contribution is 7.98. The smallest absolute Gasteiger partial charge is 0.166 e. The van der Waals surface area contributed by atoms with E-state index in [1.165, 1.54) is 17.7 Å².